The molecule has 9 heteroatoms. The molecule has 0 saturated heterocycles. The topological polar surface area (TPSA) is 117 Å². The molecule has 1 atom stereocenters. The Hall–Kier alpha value is -2.94. The summed E-state index contributed by atoms with van der Waals surface area (Å²) in [7, 11) is -3.56. The average molecular weight is 388 g/mol. The van der Waals surface area contributed by atoms with Gasteiger partial charge in [-0.3, -0.25) is 9.48 Å². The summed E-state index contributed by atoms with van der Waals surface area (Å²) in [5, 5.41) is 8.81. The highest BCUT2D eigenvalue weighted by Crippen LogP contribution is 2.25. The molecule has 3 aromatic rings. The Kier molecular flexibility index (Phi) is 5.41. The van der Waals surface area contributed by atoms with Gasteiger partial charge in [-0.1, -0.05) is 41.6 Å². The van der Waals surface area contributed by atoms with Gasteiger partial charge in [0, 0.05) is 18.2 Å². The first-order valence-electron chi connectivity index (χ1n) is 8.32. The van der Waals surface area contributed by atoms with Crippen molar-refractivity contribution < 1.29 is 17.9 Å². The second kappa shape index (κ2) is 7.75. The van der Waals surface area contributed by atoms with Crippen LogP contribution in [0.3, 0.4) is 0 Å². The molecule has 1 unspecified atom stereocenters. The number of benzene rings is 2. The molecular formula is C18H20N4O4S. The molecule has 142 valence electrons. The predicted molar refractivity (Wildman–Crippen MR) is 101 cm³/mol. The molecular weight excluding hydrogens is 368 g/mol. The maximum absolute atomic E-state index is 11.6. The number of carbonyl (C=O) groups excluding carboxylic acids is 1. The maximum Gasteiger partial charge on any atom is 0.235 e. The first-order valence-corrected chi connectivity index (χ1v) is 10.3. The number of sulfone groups is 1. The van der Waals surface area contributed by atoms with Gasteiger partial charge in [0.1, 0.15) is 23.3 Å². The number of carbonyl (C=O) groups is 1. The molecule has 1 aromatic heterocycles. The van der Waals surface area contributed by atoms with Crippen LogP contribution in [0.5, 0.6) is 5.75 Å². The summed E-state index contributed by atoms with van der Waals surface area (Å²) >= 11 is 0. The molecule has 8 nitrogen and oxygen atoms in total. The number of amides is 1. The van der Waals surface area contributed by atoms with Crippen LogP contribution in [0.4, 0.5) is 0 Å². The lowest BCUT2D eigenvalue weighted by molar-refractivity contribution is -0.117. The number of fused-ring (bicyclic) bond motifs is 1. The fourth-order valence-electron chi connectivity index (χ4n) is 2.80. The zero-order valence-electron chi connectivity index (χ0n) is 14.8. The molecule has 2 aromatic carbocycles. The van der Waals surface area contributed by atoms with E-state index in [1.165, 1.54) is 4.68 Å². The molecule has 27 heavy (non-hydrogen) atoms. The molecule has 0 fully saturated rings. The van der Waals surface area contributed by atoms with Crippen molar-refractivity contribution in [3.8, 4) is 5.75 Å². The third kappa shape index (κ3) is 4.62. The lowest BCUT2D eigenvalue weighted by Gasteiger charge is -2.10. The summed E-state index contributed by atoms with van der Waals surface area (Å²) in [5.74, 6) is -0.120. The molecule has 0 bridgehead atoms. The lowest BCUT2D eigenvalue weighted by Crippen LogP contribution is -2.36. The Morgan fingerprint density at radius 1 is 1.22 bits per heavy atom. The van der Waals surface area contributed by atoms with Crippen molar-refractivity contribution in [2.45, 2.75) is 24.8 Å². The second-order valence-corrected chi connectivity index (χ2v) is 8.48. The molecule has 0 aliphatic heterocycles. The van der Waals surface area contributed by atoms with Crippen LogP contribution in [0, 0.1) is 0 Å². The van der Waals surface area contributed by atoms with Gasteiger partial charge in [-0.05, 0) is 17.9 Å². The van der Waals surface area contributed by atoms with Crippen molar-refractivity contribution >= 4 is 26.5 Å². The van der Waals surface area contributed by atoms with E-state index >= 15 is 0 Å². The number of nitrogens with two attached hydrogens (primary N) is 1. The number of rotatable bonds is 8. The third-order valence-electron chi connectivity index (χ3n) is 4.17. The molecule has 0 aliphatic rings. The van der Waals surface area contributed by atoms with E-state index in [9.17, 15) is 13.2 Å². The van der Waals surface area contributed by atoms with Gasteiger partial charge in [-0.2, -0.15) is 0 Å². The average Bonchev–Trinajstić information content (AvgIpc) is 3.06. The van der Waals surface area contributed by atoms with Crippen molar-refractivity contribution in [1.29, 1.82) is 0 Å². The van der Waals surface area contributed by atoms with E-state index in [1.807, 2.05) is 42.5 Å². The smallest absolute Gasteiger partial charge is 0.235 e. The van der Waals surface area contributed by atoms with Crippen molar-refractivity contribution in [1.82, 2.24) is 15.0 Å². The molecule has 1 amide bonds. The quantitative estimate of drug-likeness (QED) is 0.621. The Balaban J connectivity index is 1.63. The van der Waals surface area contributed by atoms with E-state index in [1.54, 1.807) is 6.20 Å². The number of hydrogen-bond donors (Lipinski definition) is 1. The summed E-state index contributed by atoms with van der Waals surface area (Å²) in [6.07, 6.45) is 2.69. The fourth-order valence-corrected chi connectivity index (χ4v) is 3.76. The number of hydrogen-bond acceptors (Lipinski definition) is 6. The summed E-state index contributed by atoms with van der Waals surface area (Å²) in [6.45, 7) is 0.432. The van der Waals surface area contributed by atoms with Crippen LogP contribution in [0.15, 0.2) is 48.7 Å². The van der Waals surface area contributed by atoms with Crippen molar-refractivity contribution in [3.05, 3.63) is 54.4 Å². The minimum absolute atomic E-state index is 0.0428. The third-order valence-corrected chi connectivity index (χ3v) is 5.67. The van der Waals surface area contributed by atoms with Crippen molar-refractivity contribution in [2.75, 3.05) is 6.26 Å². The Labute approximate surface area is 156 Å². The molecule has 0 spiro atoms. The molecule has 1 heterocycles. The summed E-state index contributed by atoms with van der Waals surface area (Å²) in [6, 6.07) is 13.7. The van der Waals surface area contributed by atoms with E-state index in [2.05, 4.69) is 10.3 Å². The highest BCUT2D eigenvalue weighted by molar-refractivity contribution is 7.92. The highest BCUT2D eigenvalue weighted by Gasteiger charge is 2.26. The lowest BCUT2D eigenvalue weighted by atomic mass is 10.1. The molecule has 2 N–H and O–H groups in total. The number of aromatic nitrogens is 3. The standard InChI is InChI=1S/C18H20N4O4S/c1-27(24,25)17(18(19)23)9-10-22-11-14(20-21-22)12-26-16-8-4-6-13-5-2-3-7-15(13)16/h2-8,11,17H,9-10,12H2,1H3,(H2,19,23). The van der Waals surface area contributed by atoms with Crippen LogP contribution in [0.1, 0.15) is 12.1 Å². The van der Waals surface area contributed by atoms with Crippen molar-refractivity contribution in [2.24, 2.45) is 5.73 Å². The SMILES string of the molecule is CS(=O)(=O)C(CCn1cc(COc2cccc3ccccc23)nn1)C(N)=O. The van der Waals surface area contributed by atoms with Crippen molar-refractivity contribution in [3.63, 3.8) is 0 Å². The molecule has 0 aliphatic carbocycles. The molecule has 0 radical (unpaired) electrons. The Morgan fingerprint density at radius 3 is 2.70 bits per heavy atom. The van der Waals surface area contributed by atoms with Crippen LogP contribution in [0.2, 0.25) is 0 Å². The van der Waals surface area contributed by atoms with Gasteiger partial charge in [-0.25, -0.2) is 8.42 Å². The van der Waals surface area contributed by atoms with Gasteiger partial charge in [-0.15, -0.1) is 5.10 Å². The zero-order chi connectivity index (χ0) is 19.4. The van der Waals surface area contributed by atoms with Crippen LogP contribution in [0.25, 0.3) is 10.8 Å². The predicted octanol–water partition coefficient (Wildman–Crippen LogP) is 1.30. The van der Waals surface area contributed by atoms with Crippen LogP contribution in [-0.2, 0) is 27.8 Å². The Bertz CT molecular complexity index is 1060. The van der Waals surface area contributed by atoms with Gasteiger partial charge in [0.25, 0.3) is 0 Å². The minimum atomic E-state index is -3.56. The van der Waals surface area contributed by atoms with Crippen LogP contribution < -0.4 is 10.5 Å². The molecule has 0 saturated carbocycles. The maximum atomic E-state index is 11.6. The van der Waals surface area contributed by atoms with E-state index in [4.69, 9.17) is 10.5 Å². The second-order valence-electron chi connectivity index (χ2n) is 6.25. The van der Waals surface area contributed by atoms with Gasteiger partial charge >= 0.3 is 0 Å². The zero-order valence-corrected chi connectivity index (χ0v) is 15.6. The number of ether oxygens (including phenoxy) is 1. The van der Waals surface area contributed by atoms with Gasteiger partial charge < -0.3 is 10.5 Å². The summed E-state index contributed by atoms with van der Waals surface area (Å²) < 4.78 is 30.5. The van der Waals surface area contributed by atoms with E-state index < -0.39 is 21.0 Å². The first kappa shape index (κ1) is 18.8. The number of aryl methyl sites for hydroxylation is 1. The van der Waals surface area contributed by atoms with Gasteiger partial charge in [0.2, 0.25) is 5.91 Å². The minimum Gasteiger partial charge on any atom is -0.487 e. The number of primary amides is 1. The molecule has 3 rings (SSSR count). The van der Waals surface area contributed by atoms with Crippen LogP contribution >= 0.6 is 0 Å². The monoisotopic (exact) mass is 388 g/mol. The van der Waals surface area contributed by atoms with E-state index in [0.29, 0.717) is 5.69 Å². The summed E-state index contributed by atoms with van der Waals surface area (Å²) in [4.78, 5) is 11.3. The van der Waals surface area contributed by atoms with Gasteiger partial charge in [0.05, 0.1) is 6.20 Å². The fraction of sp³-hybridized carbons (Fsp3) is 0.278. The van der Waals surface area contributed by atoms with Crippen LogP contribution in [-0.4, -0.2) is 40.8 Å². The highest BCUT2D eigenvalue weighted by atomic mass is 32.2. The Morgan fingerprint density at radius 2 is 1.96 bits per heavy atom. The van der Waals surface area contributed by atoms with E-state index in [-0.39, 0.29) is 19.6 Å². The normalized spacial score (nSPS) is 12.8. The first-order chi connectivity index (χ1) is 12.8. The largest absolute Gasteiger partial charge is 0.487 e. The van der Waals surface area contributed by atoms with Gasteiger partial charge in [0.15, 0.2) is 9.84 Å². The summed E-state index contributed by atoms with van der Waals surface area (Å²) in [5.41, 5.74) is 5.76. The van der Waals surface area contributed by atoms with E-state index in [0.717, 1.165) is 22.8 Å². The number of nitrogens with zero attached hydrogens (tertiary/aromatic N) is 3.